The molecule has 0 aromatic heterocycles. The SMILES string of the molecule is Cc1cc(C)c(NC(=S)NC(=O)C(C)Oc2ccc(I)cc2)c(C)c1. The van der Waals surface area contributed by atoms with Crippen LogP contribution in [0.5, 0.6) is 5.75 Å². The third kappa shape index (κ3) is 5.67. The Morgan fingerprint density at radius 3 is 2.24 bits per heavy atom. The lowest BCUT2D eigenvalue weighted by Gasteiger charge is -2.18. The van der Waals surface area contributed by atoms with Gasteiger partial charge >= 0.3 is 0 Å². The summed E-state index contributed by atoms with van der Waals surface area (Å²) in [5.74, 6) is 0.352. The van der Waals surface area contributed by atoms with Gasteiger partial charge in [-0.2, -0.15) is 0 Å². The van der Waals surface area contributed by atoms with Crippen LogP contribution in [0.25, 0.3) is 0 Å². The van der Waals surface area contributed by atoms with E-state index in [1.807, 2.05) is 45.0 Å². The fraction of sp³-hybridized carbons (Fsp3) is 0.263. The summed E-state index contributed by atoms with van der Waals surface area (Å²) in [6.45, 7) is 7.76. The van der Waals surface area contributed by atoms with Crippen LogP contribution in [-0.4, -0.2) is 17.1 Å². The Balaban J connectivity index is 1.95. The number of ether oxygens (including phenoxy) is 1. The molecular formula is C19H21IN2O2S. The van der Waals surface area contributed by atoms with E-state index in [-0.39, 0.29) is 11.0 Å². The molecule has 2 N–H and O–H groups in total. The molecule has 25 heavy (non-hydrogen) atoms. The molecule has 0 aliphatic rings. The highest BCUT2D eigenvalue weighted by molar-refractivity contribution is 14.1. The van der Waals surface area contributed by atoms with Crippen LogP contribution in [0.2, 0.25) is 0 Å². The highest BCUT2D eigenvalue weighted by Crippen LogP contribution is 2.21. The van der Waals surface area contributed by atoms with Gasteiger partial charge in [0.2, 0.25) is 0 Å². The van der Waals surface area contributed by atoms with E-state index in [2.05, 4.69) is 45.4 Å². The minimum absolute atomic E-state index is 0.262. The zero-order valence-corrected chi connectivity index (χ0v) is 17.6. The molecule has 4 nitrogen and oxygen atoms in total. The molecule has 0 heterocycles. The van der Waals surface area contributed by atoms with Crippen molar-refractivity contribution < 1.29 is 9.53 Å². The molecule has 0 bridgehead atoms. The number of hydrogen-bond acceptors (Lipinski definition) is 3. The van der Waals surface area contributed by atoms with Gasteiger partial charge in [0.05, 0.1) is 0 Å². The van der Waals surface area contributed by atoms with Crippen molar-refractivity contribution in [3.05, 3.63) is 56.7 Å². The maximum Gasteiger partial charge on any atom is 0.266 e. The van der Waals surface area contributed by atoms with E-state index in [1.54, 1.807) is 6.92 Å². The van der Waals surface area contributed by atoms with Crippen molar-refractivity contribution in [2.24, 2.45) is 0 Å². The van der Waals surface area contributed by atoms with Crippen molar-refractivity contribution in [2.75, 3.05) is 5.32 Å². The van der Waals surface area contributed by atoms with Crippen LogP contribution < -0.4 is 15.4 Å². The van der Waals surface area contributed by atoms with Gasteiger partial charge in [-0.1, -0.05) is 17.7 Å². The largest absolute Gasteiger partial charge is 0.481 e. The predicted octanol–water partition coefficient (Wildman–Crippen LogP) is 4.50. The summed E-state index contributed by atoms with van der Waals surface area (Å²) in [5.41, 5.74) is 4.27. The molecule has 1 atom stereocenters. The van der Waals surface area contributed by atoms with E-state index in [0.717, 1.165) is 20.4 Å². The number of benzene rings is 2. The third-order valence-corrected chi connectivity index (χ3v) is 4.57. The quantitative estimate of drug-likeness (QED) is 0.513. The van der Waals surface area contributed by atoms with Crippen LogP contribution in [0.15, 0.2) is 36.4 Å². The van der Waals surface area contributed by atoms with Gasteiger partial charge in [-0.05, 0) is 97.9 Å². The highest BCUT2D eigenvalue weighted by atomic mass is 127. The van der Waals surface area contributed by atoms with Gasteiger partial charge in [-0.25, -0.2) is 0 Å². The average Bonchev–Trinajstić information content (AvgIpc) is 2.53. The van der Waals surface area contributed by atoms with Gasteiger partial charge < -0.3 is 10.1 Å². The van der Waals surface area contributed by atoms with Crippen molar-refractivity contribution in [1.29, 1.82) is 0 Å². The summed E-state index contributed by atoms with van der Waals surface area (Å²) in [5, 5.41) is 6.05. The molecular weight excluding hydrogens is 447 g/mol. The van der Waals surface area contributed by atoms with Crippen LogP contribution in [0.3, 0.4) is 0 Å². The first-order valence-electron chi connectivity index (χ1n) is 7.88. The van der Waals surface area contributed by atoms with Gasteiger partial charge in [0, 0.05) is 9.26 Å². The lowest BCUT2D eigenvalue weighted by atomic mass is 10.1. The third-order valence-electron chi connectivity index (χ3n) is 3.65. The van der Waals surface area contributed by atoms with Gasteiger partial charge in [0.25, 0.3) is 5.91 Å². The first-order valence-corrected chi connectivity index (χ1v) is 9.37. The molecule has 0 aliphatic heterocycles. The molecule has 6 heteroatoms. The first kappa shape index (κ1) is 19.7. The molecule has 2 aromatic carbocycles. The molecule has 0 fully saturated rings. The zero-order valence-electron chi connectivity index (χ0n) is 14.6. The smallest absolute Gasteiger partial charge is 0.266 e. The van der Waals surface area contributed by atoms with Crippen LogP contribution in [0, 0.1) is 24.3 Å². The molecule has 0 aliphatic carbocycles. The molecule has 0 saturated heterocycles. The summed E-state index contributed by atoms with van der Waals surface area (Å²) in [4.78, 5) is 12.3. The second-order valence-corrected chi connectivity index (χ2v) is 7.58. The summed E-state index contributed by atoms with van der Waals surface area (Å²) in [6.07, 6.45) is -0.653. The first-order chi connectivity index (χ1) is 11.8. The van der Waals surface area contributed by atoms with Crippen LogP contribution in [-0.2, 0) is 4.79 Å². The molecule has 0 saturated carbocycles. The van der Waals surface area contributed by atoms with E-state index in [4.69, 9.17) is 17.0 Å². The second-order valence-electron chi connectivity index (χ2n) is 5.93. The fourth-order valence-corrected chi connectivity index (χ4v) is 3.07. The van der Waals surface area contributed by atoms with E-state index in [0.29, 0.717) is 5.75 Å². The van der Waals surface area contributed by atoms with Gasteiger partial charge in [-0.15, -0.1) is 0 Å². The maximum absolute atomic E-state index is 12.3. The molecule has 132 valence electrons. The lowest BCUT2D eigenvalue weighted by Crippen LogP contribution is -2.42. The Bertz CT molecular complexity index is 768. The van der Waals surface area contributed by atoms with Crippen molar-refractivity contribution in [3.8, 4) is 5.75 Å². The number of carbonyl (C=O) groups is 1. The lowest BCUT2D eigenvalue weighted by molar-refractivity contribution is -0.125. The molecule has 0 spiro atoms. The van der Waals surface area contributed by atoms with Crippen molar-refractivity contribution in [1.82, 2.24) is 5.32 Å². The number of anilines is 1. The Kier molecular flexibility index (Phi) is 6.78. The van der Waals surface area contributed by atoms with Crippen molar-refractivity contribution in [3.63, 3.8) is 0 Å². The van der Waals surface area contributed by atoms with Gasteiger partial charge in [0.15, 0.2) is 11.2 Å². The molecule has 2 aromatic rings. The Morgan fingerprint density at radius 2 is 1.68 bits per heavy atom. The number of aryl methyl sites for hydroxylation is 3. The van der Waals surface area contributed by atoms with E-state index in [1.165, 1.54) is 5.56 Å². The number of halogens is 1. The average molecular weight is 468 g/mol. The van der Waals surface area contributed by atoms with E-state index in [9.17, 15) is 4.79 Å². The monoisotopic (exact) mass is 468 g/mol. The minimum atomic E-state index is -0.653. The van der Waals surface area contributed by atoms with E-state index >= 15 is 0 Å². The number of rotatable bonds is 4. The standard InChI is InChI=1S/C19H21IN2O2S/c1-11-9-12(2)17(13(3)10-11)21-19(25)22-18(23)14(4)24-16-7-5-15(20)6-8-16/h5-10,14H,1-4H3,(H2,21,22,23,25). The van der Waals surface area contributed by atoms with Gasteiger partial charge in [0.1, 0.15) is 5.75 Å². The Labute approximate surface area is 167 Å². The maximum atomic E-state index is 12.3. The number of amides is 1. The predicted molar refractivity (Wildman–Crippen MR) is 114 cm³/mol. The molecule has 2 rings (SSSR count). The Hall–Kier alpha value is -1.67. The number of hydrogen-bond donors (Lipinski definition) is 2. The minimum Gasteiger partial charge on any atom is -0.481 e. The highest BCUT2D eigenvalue weighted by Gasteiger charge is 2.16. The topological polar surface area (TPSA) is 50.4 Å². The molecule has 1 unspecified atom stereocenters. The van der Waals surface area contributed by atoms with Crippen molar-refractivity contribution >= 4 is 51.5 Å². The van der Waals surface area contributed by atoms with Crippen molar-refractivity contribution in [2.45, 2.75) is 33.8 Å². The summed E-state index contributed by atoms with van der Waals surface area (Å²) in [6, 6.07) is 11.7. The molecule has 0 radical (unpaired) electrons. The Morgan fingerprint density at radius 1 is 1.12 bits per heavy atom. The summed E-state index contributed by atoms with van der Waals surface area (Å²) in [7, 11) is 0. The molecule has 1 amide bonds. The number of thiocarbonyl (C=S) groups is 1. The number of carbonyl (C=O) groups excluding carboxylic acids is 1. The normalized spacial score (nSPS) is 11.6. The zero-order chi connectivity index (χ0) is 18.6. The van der Waals surface area contributed by atoms with Crippen LogP contribution in [0.1, 0.15) is 23.6 Å². The number of nitrogens with one attached hydrogen (secondary N) is 2. The van der Waals surface area contributed by atoms with Gasteiger partial charge in [-0.3, -0.25) is 10.1 Å². The van der Waals surface area contributed by atoms with Crippen LogP contribution in [0.4, 0.5) is 5.69 Å². The fourth-order valence-electron chi connectivity index (χ4n) is 2.51. The van der Waals surface area contributed by atoms with E-state index < -0.39 is 6.10 Å². The second kappa shape index (κ2) is 8.62. The summed E-state index contributed by atoms with van der Waals surface area (Å²) >= 11 is 7.48. The summed E-state index contributed by atoms with van der Waals surface area (Å²) < 4.78 is 6.75. The van der Waals surface area contributed by atoms with Crippen LogP contribution >= 0.6 is 34.8 Å².